The fourth-order valence-corrected chi connectivity index (χ4v) is 2.08. The first-order valence-electron chi connectivity index (χ1n) is 5.95. The van der Waals surface area contributed by atoms with Crippen LogP contribution >= 0.6 is 11.6 Å². The molecule has 8 heteroatoms. The molecule has 1 amide bonds. The molecule has 4 N–H and O–H groups in total. The van der Waals surface area contributed by atoms with Gasteiger partial charge in [0.05, 0.1) is 6.20 Å². The molecule has 110 valence electrons. The second kappa shape index (κ2) is 5.84. The topological polar surface area (TPSA) is 110 Å². The summed E-state index contributed by atoms with van der Waals surface area (Å²) in [6.07, 6.45) is 2.90. The third kappa shape index (κ3) is 3.51. The summed E-state index contributed by atoms with van der Waals surface area (Å²) in [5.41, 5.74) is 6.49. The van der Waals surface area contributed by atoms with Crippen molar-refractivity contribution in [3.05, 3.63) is 46.7 Å². The summed E-state index contributed by atoms with van der Waals surface area (Å²) in [7, 11) is 1.65. The normalized spacial score (nSPS) is 11.9. The molecule has 2 aromatic rings. The summed E-state index contributed by atoms with van der Waals surface area (Å²) in [5, 5.41) is 15.8. The Labute approximate surface area is 125 Å². The number of hydrogen-bond acceptors (Lipinski definition) is 4. The Morgan fingerprint density at radius 3 is 2.67 bits per heavy atom. The summed E-state index contributed by atoms with van der Waals surface area (Å²) < 4.78 is 1.45. The van der Waals surface area contributed by atoms with Crippen LogP contribution in [-0.4, -0.2) is 26.8 Å². The second-order valence-electron chi connectivity index (χ2n) is 4.47. The molecule has 0 aliphatic carbocycles. The van der Waals surface area contributed by atoms with Gasteiger partial charge >= 0.3 is 5.97 Å². The molecule has 1 atom stereocenters. The van der Waals surface area contributed by atoms with Gasteiger partial charge in [-0.05, 0) is 18.2 Å². The van der Waals surface area contributed by atoms with E-state index in [-0.39, 0.29) is 5.56 Å². The van der Waals surface area contributed by atoms with Gasteiger partial charge in [0.15, 0.2) is 6.04 Å². The van der Waals surface area contributed by atoms with Crippen molar-refractivity contribution in [1.82, 2.24) is 15.1 Å². The lowest BCUT2D eigenvalue weighted by Gasteiger charge is -2.13. The van der Waals surface area contributed by atoms with Crippen molar-refractivity contribution in [3.63, 3.8) is 0 Å². The first-order valence-corrected chi connectivity index (χ1v) is 6.33. The lowest BCUT2D eigenvalue weighted by Crippen LogP contribution is -2.33. The van der Waals surface area contributed by atoms with Gasteiger partial charge in [-0.2, -0.15) is 5.10 Å². The highest BCUT2D eigenvalue weighted by Crippen LogP contribution is 2.18. The van der Waals surface area contributed by atoms with Gasteiger partial charge in [-0.3, -0.25) is 9.48 Å². The van der Waals surface area contributed by atoms with Crippen LogP contribution in [0, 0.1) is 0 Å². The fourth-order valence-electron chi connectivity index (χ4n) is 1.83. The minimum absolute atomic E-state index is 0.190. The number of carbonyl (C=O) groups excluding carboxylic acids is 1. The second-order valence-corrected chi connectivity index (χ2v) is 4.90. The van der Waals surface area contributed by atoms with Crippen LogP contribution in [0.15, 0.2) is 30.6 Å². The summed E-state index contributed by atoms with van der Waals surface area (Å²) in [6, 6.07) is 3.12. The van der Waals surface area contributed by atoms with Crippen molar-refractivity contribution in [3.8, 4) is 0 Å². The lowest BCUT2D eigenvalue weighted by atomic mass is 10.1. The van der Waals surface area contributed by atoms with Crippen LogP contribution in [0.1, 0.15) is 22.0 Å². The molecule has 7 nitrogen and oxygen atoms in total. The van der Waals surface area contributed by atoms with Crippen molar-refractivity contribution < 1.29 is 14.7 Å². The summed E-state index contributed by atoms with van der Waals surface area (Å²) in [4.78, 5) is 23.4. The molecule has 2 rings (SSSR count). The average Bonchev–Trinajstić information content (AvgIpc) is 2.80. The molecule has 1 aromatic heterocycles. The molecule has 0 aliphatic rings. The van der Waals surface area contributed by atoms with E-state index in [4.69, 9.17) is 17.3 Å². The number of nitrogens with zero attached hydrogens (tertiary/aromatic N) is 2. The van der Waals surface area contributed by atoms with E-state index in [1.165, 1.54) is 35.3 Å². The average molecular weight is 309 g/mol. The van der Waals surface area contributed by atoms with Gasteiger partial charge in [0, 0.05) is 35.1 Å². The quantitative estimate of drug-likeness (QED) is 0.735. The van der Waals surface area contributed by atoms with Crippen molar-refractivity contribution in [2.24, 2.45) is 7.05 Å². The first-order chi connectivity index (χ1) is 9.86. The van der Waals surface area contributed by atoms with Crippen LogP contribution in [0.25, 0.3) is 0 Å². The highest BCUT2D eigenvalue weighted by atomic mass is 35.5. The van der Waals surface area contributed by atoms with Gasteiger partial charge in [-0.1, -0.05) is 11.6 Å². The lowest BCUT2D eigenvalue weighted by molar-refractivity contribution is -0.139. The number of anilines is 1. The van der Waals surface area contributed by atoms with Gasteiger partial charge in [0.2, 0.25) is 0 Å². The number of benzene rings is 1. The van der Waals surface area contributed by atoms with Crippen LogP contribution in [0.5, 0.6) is 0 Å². The van der Waals surface area contributed by atoms with Gasteiger partial charge in [0.25, 0.3) is 5.91 Å². The number of nitrogen functional groups attached to an aromatic ring is 1. The van der Waals surface area contributed by atoms with E-state index < -0.39 is 17.9 Å². The van der Waals surface area contributed by atoms with Crippen molar-refractivity contribution in [2.45, 2.75) is 6.04 Å². The van der Waals surface area contributed by atoms with E-state index in [1.807, 2.05) is 0 Å². The Balaban J connectivity index is 2.24. The van der Waals surface area contributed by atoms with E-state index in [0.29, 0.717) is 16.3 Å². The van der Waals surface area contributed by atoms with E-state index in [1.54, 1.807) is 7.05 Å². The number of amides is 1. The first kappa shape index (κ1) is 14.9. The Bertz CT molecular complexity index is 678. The minimum atomic E-state index is -1.20. The maximum absolute atomic E-state index is 12.1. The van der Waals surface area contributed by atoms with Crippen molar-refractivity contribution in [2.75, 3.05) is 5.73 Å². The molecule has 0 radical (unpaired) electrons. The molecule has 21 heavy (non-hydrogen) atoms. The van der Waals surface area contributed by atoms with Crippen LogP contribution in [0.4, 0.5) is 5.69 Å². The largest absolute Gasteiger partial charge is 0.479 e. The molecular formula is C13H13ClN4O3. The Kier molecular flexibility index (Phi) is 4.13. The summed E-state index contributed by atoms with van der Waals surface area (Å²) in [5.74, 6) is -1.77. The van der Waals surface area contributed by atoms with Crippen LogP contribution in [0.2, 0.25) is 5.02 Å². The maximum Gasteiger partial charge on any atom is 0.331 e. The van der Waals surface area contributed by atoms with E-state index in [9.17, 15) is 14.7 Å². The molecule has 0 aliphatic heterocycles. The standard InChI is InChI=1S/C13H13ClN4O3/c1-18-6-8(5-16-18)11(13(20)21)17-12(19)7-2-9(14)4-10(15)3-7/h2-6,11H,15H2,1H3,(H,17,19)(H,20,21). The predicted octanol–water partition coefficient (Wildman–Crippen LogP) is 1.21. The van der Waals surface area contributed by atoms with Crippen molar-refractivity contribution in [1.29, 1.82) is 0 Å². The number of aromatic nitrogens is 2. The number of aryl methyl sites for hydroxylation is 1. The molecule has 0 saturated heterocycles. The third-order valence-corrected chi connectivity index (χ3v) is 2.98. The van der Waals surface area contributed by atoms with Gasteiger partial charge in [0.1, 0.15) is 0 Å². The number of nitrogens with two attached hydrogens (primary N) is 1. The predicted molar refractivity (Wildman–Crippen MR) is 76.9 cm³/mol. The number of carboxylic acids is 1. The van der Waals surface area contributed by atoms with Crippen LogP contribution in [-0.2, 0) is 11.8 Å². The number of carbonyl (C=O) groups is 2. The number of rotatable bonds is 4. The SMILES string of the molecule is Cn1cc(C(NC(=O)c2cc(N)cc(Cl)c2)C(=O)O)cn1. The van der Waals surface area contributed by atoms with Crippen molar-refractivity contribution >= 4 is 29.2 Å². The Hall–Kier alpha value is -2.54. The molecule has 0 fully saturated rings. The van der Waals surface area contributed by atoms with Gasteiger partial charge in [-0.15, -0.1) is 0 Å². The molecule has 1 heterocycles. The zero-order valence-corrected chi connectivity index (χ0v) is 11.8. The smallest absolute Gasteiger partial charge is 0.331 e. The molecular weight excluding hydrogens is 296 g/mol. The molecule has 1 unspecified atom stereocenters. The Morgan fingerprint density at radius 2 is 2.14 bits per heavy atom. The molecule has 1 aromatic carbocycles. The number of nitrogens with one attached hydrogen (secondary N) is 1. The monoisotopic (exact) mass is 308 g/mol. The minimum Gasteiger partial charge on any atom is -0.479 e. The van der Waals surface area contributed by atoms with E-state index in [0.717, 1.165) is 0 Å². The summed E-state index contributed by atoms with van der Waals surface area (Å²) >= 11 is 5.82. The molecule has 0 saturated carbocycles. The number of hydrogen-bond donors (Lipinski definition) is 3. The highest BCUT2D eigenvalue weighted by Gasteiger charge is 2.24. The summed E-state index contributed by atoms with van der Waals surface area (Å²) in [6.45, 7) is 0. The molecule has 0 bridgehead atoms. The van der Waals surface area contributed by atoms with Gasteiger partial charge < -0.3 is 16.2 Å². The number of aliphatic carboxylic acids is 1. The maximum atomic E-state index is 12.1. The third-order valence-electron chi connectivity index (χ3n) is 2.76. The fraction of sp³-hybridized carbons (Fsp3) is 0.154. The van der Waals surface area contributed by atoms with Crippen LogP contribution in [0.3, 0.4) is 0 Å². The number of carboxylic acid groups (broad SMARTS) is 1. The van der Waals surface area contributed by atoms with Gasteiger partial charge in [-0.25, -0.2) is 4.79 Å². The van der Waals surface area contributed by atoms with Crippen LogP contribution < -0.4 is 11.1 Å². The Morgan fingerprint density at radius 1 is 1.43 bits per heavy atom. The zero-order valence-electron chi connectivity index (χ0n) is 11.1. The molecule has 0 spiro atoms. The van der Waals surface area contributed by atoms with E-state index >= 15 is 0 Å². The highest BCUT2D eigenvalue weighted by molar-refractivity contribution is 6.31. The zero-order chi connectivity index (χ0) is 15.6. The van der Waals surface area contributed by atoms with E-state index in [2.05, 4.69) is 10.4 Å². The number of halogens is 1.